The molecule has 0 bridgehead atoms. The molecule has 0 aromatic heterocycles. The van der Waals surface area contributed by atoms with E-state index in [-0.39, 0.29) is 18.3 Å². The molecule has 0 saturated carbocycles. The quantitative estimate of drug-likeness (QED) is 0.752. The van der Waals surface area contributed by atoms with Crippen molar-refractivity contribution in [2.24, 2.45) is 5.92 Å². The van der Waals surface area contributed by atoms with Crippen LogP contribution in [0.1, 0.15) is 37.0 Å². The molecule has 0 spiro atoms. The van der Waals surface area contributed by atoms with Crippen LogP contribution in [0.5, 0.6) is 5.75 Å². The van der Waals surface area contributed by atoms with Gasteiger partial charge in [-0.05, 0) is 50.4 Å². The number of likely N-dealkylation sites (tertiary alicyclic amines) is 1. The Bertz CT molecular complexity index is 736. The van der Waals surface area contributed by atoms with E-state index >= 15 is 0 Å². The molecule has 152 valence electrons. The number of hydrogen-bond donors (Lipinski definition) is 1. The zero-order chi connectivity index (χ0) is 19.1. The largest absolute Gasteiger partial charge is 0.476 e. The third-order valence-corrected chi connectivity index (χ3v) is 5.25. The van der Waals surface area contributed by atoms with Gasteiger partial charge in [-0.1, -0.05) is 55.5 Å². The van der Waals surface area contributed by atoms with Crippen LogP contribution in [0, 0.1) is 5.92 Å². The lowest BCUT2D eigenvalue weighted by atomic mass is 9.97. The fourth-order valence-electron chi connectivity index (χ4n) is 3.81. The lowest BCUT2D eigenvalue weighted by Crippen LogP contribution is -2.45. The first-order valence-electron chi connectivity index (χ1n) is 9.95. The van der Waals surface area contributed by atoms with Gasteiger partial charge in [-0.2, -0.15) is 0 Å². The Labute approximate surface area is 174 Å². The number of carbonyl (C=O) groups is 1. The Balaban J connectivity index is 0.00000280. The fraction of sp³-hybridized carbons (Fsp3) is 0.435. The third kappa shape index (κ3) is 5.49. The van der Waals surface area contributed by atoms with Gasteiger partial charge in [0.1, 0.15) is 5.75 Å². The standard InChI is InChI=1S/C23H30N2O2.ClH/c1-3-19-11-7-8-14-21(19)27-22(20-12-5-4-6-13-20)23(26)25-15-9-10-18(17-25)16-24-2;/h4-8,11-14,18,22,24H,3,9-10,15-17H2,1-2H3;1H. The van der Waals surface area contributed by atoms with Gasteiger partial charge >= 0.3 is 0 Å². The number of carbonyl (C=O) groups excluding carboxylic acids is 1. The van der Waals surface area contributed by atoms with Crippen LogP contribution in [-0.4, -0.2) is 37.5 Å². The molecule has 1 N–H and O–H groups in total. The van der Waals surface area contributed by atoms with Crippen molar-refractivity contribution >= 4 is 18.3 Å². The minimum absolute atomic E-state index is 0. The van der Waals surface area contributed by atoms with Gasteiger partial charge in [0.2, 0.25) is 6.10 Å². The van der Waals surface area contributed by atoms with Crippen molar-refractivity contribution in [3.8, 4) is 5.75 Å². The van der Waals surface area contributed by atoms with Gasteiger partial charge in [0.25, 0.3) is 5.91 Å². The SMILES string of the molecule is CCc1ccccc1OC(C(=O)N1CCCC(CNC)C1)c1ccccc1.Cl. The number of benzene rings is 2. The van der Waals surface area contributed by atoms with Crippen molar-refractivity contribution in [1.82, 2.24) is 10.2 Å². The molecule has 1 fully saturated rings. The van der Waals surface area contributed by atoms with Crippen LogP contribution in [0.3, 0.4) is 0 Å². The minimum Gasteiger partial charge on any atom is -0.476 e. The van der Waals surface area contributed by atoms with Crippen molar-refractivity contribution in [1.29, 1.82) is 0 Å². The normalized spacial score (nSPS) is 17.5. The van der Waals surface area contributed by atoms with E-state index in [1.165, 1.54) is 6.42 Å². The molecule has 4 nitrogen and oxygen atoms in total. The molecule has 5 heteroatoms. The molecule has 2 aromatic rings. The molecule has 2 atom stereocenters. The maximum atomic E-state index is 13.4. The number of rotatable bonds is 7. The number of para-hydroxylation sites is 1. The number of nitrogens with zero attached hydrogens (tertiary/aromatic N) is 1. The van der Waals surface area contributed by atoms with Gasteiger partial charge in [0.05, 0.1) is 0 Å². The van der Waals surface area contributed by atoms with Gasteiger partial charge in [-0.15, -0.1) is 12.4 Å². The van der Waals surface area contributed by atoms with Crippen LogP contribution in [0.25, 0.3) is 0 Å². The molecule has 1 saturated heterocycles. The highest BCUT2D eigenvalue weighted by Gasteiger charge is 2.31. The van der Waals surface area contributed by atoms with E-state index in [9.17, 15) is 4.79 Å². The molecule has 1 heterocycles. The highest BCUT2D eigenvalue weighted by atomic mass is 35.5. The van der Waals surface area contributed by atoms with Crippen LogP contribution in [-0.2, 0) is 11.2 Å². The van der Waals surface area contributed by atoms with E-state index in [2.05, 4.69) is 18.3 Å². The van der Waals surface area contributed by atoms with E-state index in [0.29, 0.717) is 5.92 Å². The molecule has 28 heavy (non-hydrogen) atoms. The van der Waals surface area contributed by atoms with Gasteiger partial charge in [-0.25, -0.2) is 0 Å². The zero-order valence-corrected chi connectivity index (χ0v) is 17.6. The lowest BCUT2D eigenvalue weighted by molar-refractivity contribution is -0.141. The van der Waals surface area contributed by atoms with Crippen LogP contribution < -0.4 is 10.1 Å². The number of ether oxygens (including phenoxy) is 1. The molecular formula is C23H31ClN2O2. The Morgan fingerprint density at radius 3 is 2.61 bits per heavy atom. The van der Waals surface area contributed by atoms with E-state index in [0.717, 1.165) is 49.4 Å². The predicted molar refractivity (Wildman–Crippen MR) is 116 cm³/mol. The molecule has 1 amide bonds. The van der Waals surface area contributed by atoms with Crippen LogP contribution in [0.15, 0.2) is 54.6 Å². The predicted octanol–water partition coefficient (Wildman–Crippen LogP) is 4.25. The summed E-state index contributed by atoms with van der Waals surface area (Å²) in [5.74, 6) is 1.37. The fourth-order valence-corrected chi connectivity index (χ4v) is 3.81. The highest BCUT2D eigenvalue weighted by molar-refractivity contribution is 5.85. The van der Waals surface area contributed by atoms with Crippen molar-refractivity contribution in [3.63, 3.8) is 0 Å². The summed E-state index contributed by atoms with van der Waals surface area (Å²) in [5, 5.41) is 3.24. The summed E-state index contributed by atoms with van der Waals surface area (Å²) in [5.41, 5.74) is 2.03. The number of amides is 1. The van der Waals surface area contributed by atoms with E-state index in [1.807, 2.05) is 60.5 Å². The summed E-state index contributed by atoms with van der Waals surface area (Å²) >= 11 is 0. The summed E-state index contributed by atoms with van der Waals surface area (Å²) in [7, 11) is 1.97. The number of halogens is 1. The molecule has 2 aromatic carbocycles. The van der Waals surface area contributed by atoms with Gasteiger partial charge < -0.3 is 15.0 Å². The number of aryl methyl sites for hydroxylation is 1. The van der Waals surface area contributed by atoms with Crippen molar-refractivity contribution < 1.29 is 9.53 Å². The van der Waals surface area contributed by atoms with Crippen LogP contribution in [0.2, 0.25) is 0 Å². The van der Waals surface area contributed by atoms with Crippen LogP contribution in [0.4, 0.5) is 0 Å². The second-order valence-corrected chi connectivity index (χ2v) is 7.22. The zero-order valence-electron chi connectivity index (χ0n) is 16.8. The first-order chi connectivity index (χ1) is 13.2. The molecule has 0 radical (unpaired) electrons. The number of hydrogen-bond acceptors (Lipinski definition) is 3. The van der Waals surface area contributed by atoms with Gasteiger partial charge in [-0.3, -0.25) is 4.79 Å². The average Bonchev–Trinajstić information content (AvgIpc) is 2.73. The summed E-state index contributed by atoms with van der Waals surface area (Å²) in [6.45, 7) is 4.65. The third-order valence-electron chi connectivity index (χ3n) is 5.25. The van der Waals surface area contributed by atoms with Crippen LogP contribution >= 0.6 is 12.4 Å². The molecule has 1 aliphatic heterocycles. The van der Waals surface area contributed by atoms with E-state index < -0.39 is 6.10 Å². The second kappa shape index (κ2) is 11.1. The molecular weight excluding hydrogens is 372 g/mol. The maximum Gasteiger partial charge on any atom is 0.268 e. The Morgan fingerprint density at radius 2 is 1.89 bits per heavy atom. The number of nitrogens with one attached hydrogen (secondary N) is 1. The van der Waals surface area contributed by atoms with Crippen molar-refractivity contribution in [2.45, 2.75) is 32.3 Å². The molecule has 2 unspecified atom stereocenters. The monoisotopic (exact) mass is 402 g/mol. The van der Waals surface area contributed by atoms with E-state index in [1.54, 1.807) is 0 Å². The maximum absolute atomic E-state index is 13.4. The summed E-state index contributed by atoms with van der Waals surface area (Å²) < 4.78 is 6.33. The first kappa shape index (κ1) is 22.3. The smallest absolute Gasteiger partial charge is 0.268 e. The summed E-state index contributed by atoms with van der Waals surface area (Å²) in [4.78, 5) is 15.4. The summed E-state index contributed by atoms with van der Waals surface area (Å²) in [6, 6.07) is 17.8. The second-order valence-electron chi connectivity index (χ2n) is 7.22. The average molecular weight is 403 g/mol. The number of piperidine rings is 1. The van der Waals surface area contributed by atoms with Crippen molar-refractivity contribution in [2.75, 3.05) is 26.7 Å². The molecule has 0 aliphatic carbocycles. The Morgan fingerprint density at radius 1 is 1.18 bits per heavy atom. The Kier molecular flexibility index (Phi) is 8.81. The van der Waals surface area contributed by atoms with Gasteiger partial charge in [0, 0.05) is 18.7 Å². The molecule has 3 rings (SSSR count). The molecule has 1 aliphatic rings. The van der Waals surface area contributed by atoms with E-state index in [4.69, 9.17) is 4.74 Å². The lowest BCUT2D eigenvalue weighted by Gasteiger charge is -2.35. The first-order valence-corrected chi connectivity index (χ1v) is 9.95. The van der Waals surface area contributed by atoms with Gasteiger partial charge in [0.15, 0.2) is 0 Å². The van der Waals surface area contributed by atoms with Crippen molar-refractivity contribution in [3.05, 3.63) is 65.7 Å². The topological polar surface area (TPSA) is 41.6 Å². The Hall–Kier alpha value is -2.04. The summed E-state index contributed by atoms with van der Waals surface area (Å²) in [6.07, 6.45) is 2.48. The highest BCUT2D eigenvalue weighted by Crippen LogP contribution is 2.29. The minimum atomic E-state index is -0.604.